The van der Waals surface area contributed by atoms with E-state index in [-0.39, 0.29) is 5.54 Å². The van der Waals surface area contributed by atoms with Crippen molar-refractivity contribution in [2.24, 2.45) is 0 Å². The van der Waals surface area contributed by atoms with E-state index >= 15 is 0 Å². The van der Waals surface area contributed by atoms with Crippen molar-refractivity contribution in [1.29, 1.82) is 0 Å². The lowest BCUT2D eigenvalue weighted by molar-refractivity contribution is -0.137. The zero-order valence-electron chi connectivity index (χ0n) is 12.5. The van der Waals surface area contributed by atoms with E-state index in [1.807, 2.05) is 20.8 Å². The lowest BCUT2D eigenvalue weighted by atomic mass is 10.1. The highest BCUT2D eigenvalue weighted by molar-refractivity contribution is 5.59. The standard InChI is InChI=1S/C15H17F3N4/c1-14(2,3)22-13-8-12(19-9-20-13)21-11-6-4-10(5-7-11)15(16,17)18/h4-9H,1-3H3,(H2,19,20,21,22). The lowest BCUT2D eigenvalue weighted by Gasteiger charge is -2.21. The van der Waals surface area contributed by atoms with Gasteiger partial charge >= 0.3 is 6.18 Å². The van der Waals surface area contributed by atoms with Gasteiger partial charge in [-0.3, -0.25) is 0 Å². The first-order valence-electron chi connectivity index (χ1n) is 6.68. The number of rotatable bonds is 3. The molecule has 0 unspecified atom stereocenters. The van der Waals surface area contributed by atoms with Gasteiger partial charge in [-0.25, -0.2) is 9.97 Å². The van der Waals surface area contributed by atoms with Crippen LogP contribution < -0.4 is 10.6 Å². The van der Waals surface area contributed by atoms with E-state index in [1.165, 1.54) is 18.5 Å². The minimum Gasteiger partial charge on any atom is -0.365 e. The first kappa shape index (κ1) is 16.1. The fourth-order valence-corrected chi connectivity index (χ4v) is 1.77. The van der Waals surface area contributed by atoms with Gasteiger partial charge in [0.2, 0.25) is 0 Å². The Morgan fingerprint density at radius 3 is 2.05 bits per heavy atom. The first-order valence-corrected chi connectivity index (χ1v) is 6.68. The van der Waals surface area contributed by atoms with E-state index < -0.39 is 11.7 Å². The third kappa shape index (κ3) is 4.61. The van der Waals surface area contributed by atoms with E-state index in [1.54, 1.807) is 6.07 Å². The molecule has 4 nitrogen and oxygen atoms in total. The molecule has 7 heteroatoms. The lowest BCUT2D eigenvalue weighted by Crippen LogP contribution is -2.26. The average Bonchev–Trinajstić information content (AvgIpc) is 2.36. The van der Waals surface area contributed by atoms with Gasteiger partial charge in [-0.1, -0.05) is 0 Å². The Labute approximate surface area is 126 Å². The van der Waals surface area contributed by atoms with E-state index in [9.17, 15) is 13.2 Å². The predicted molar refractivity (Wildman–Crippen MR) is 80.1 cm³/mol. The minimum absolute atomic E-state index is 0.153. The summed E-state index contributed by atoms with van der Waals surface area (Å²) in [6.45, 7) is 5.99. The molecule has 1 aromatic heterocycles. The SMILES string of the molecule is CC(C)(C)Nc1cc(Nc2ccc(C(F)(F)F)cc2)ncn1. The van der Waals surface area contributed by atoms with E-state index in [0.717, 1.165) is 12.1 Å². The van der Waals surface area contributed by atoms with Crippen molar-refractivity contribution in [3.8, 4) is 0 Å². The van der Waals surface area contributed by atoms with E-state index in [4.69, 9.17) is 0 Å². The van der Waals surface area contributed by atoms with Crippen LogP contribution in [-0.4, -0.2) is 15.5 Å². The summed E-state index contributed by atoms with van der Waals surface area (Å²) in [6, 6.07) is 6.47. The molecule has 0 aliphatic heterocycles. The third-order valence-electron chi connectivity index (χ3n) is 2.65. The highest BCUT2D eigenvalue weighted by Gasteiger charge is 2.29. The molecule has 22 heavy (non-hydrogen) atoms. The van der Waals surface area contributed by atoms with Crippen LogP contribution >= 0.6 is 0 Å². The van der Waals surface area contributed by atoms with Gasteiger partial charge in [0.25, 0.3) is 0 Å². The smallest absolute Gasteiger partial charge is 0.365 e. The zero-order chi connectivity index (χ0) is 16.4. The number of hydrogen-bond donors (Lipinski definition) is 2. The normalized spacial score (nSPS) is 12.1. The zero-order valence-corrected chi connectivity index (χ0v) is 12.5. The van der Waals surface area contributed by atoms with Gasteiger partial charge in [0.1, 0.15) is 18.0 Å². The van der Waals surface area contributed by atoms with Crippen molar-refractivity contribution in [2.75, 3.05) is 10.6 Å². The molecule has 0 saturated heterocycles. The van der Waals surface area contributed by atoms with E-state index in [2.05, 4.69) is 20.6 Å². The summed E-state index contributed by atoms with van der Waals surface area (Å²) in [5, 5.41) is 6.15. The van der Waals surface area contributed by atoms with Crippen LogP contribution in [0.5, 0.6) is 0 Å². The molecule has 0 aliphatic carbocycles. The monoisotopic (exact) mass is 310 g/mol. The maximum atomic E-state index is 12.5. The molecule has 0 amide bonds. The summed E-state index contributed by atoms with van der Waals surface area (Å²) >= 11 is 0. The van der Waals surface area contributed by atoms with Gasteiger partial charge < -0.3 is 10.6 Å². The van der Waals surface area contributed by atoms with Gasteiger partial charge in [-0.05, 0) is 45.0 Å². The molecule has 0 radical (unpaired) electrons. The number of hydrogen-bond acceptors (Lipinski definition) is 4. The number of halogens is 3. The summed E-state index contributed by atoms with van der Waals surface area (Å²) < 4.78 is 37.5. The van der Waals surface area contributed by atoms with Crippen molar-refractivity contribution in [2.45, 2.75) is 32.5 Å². The van der Waals surface area contributed by atoms with Crippen molar-refractivity contribution in [3.63, 3.8) is 0 Å². The van der Waals surface area contributed by atoms with Crippen LogP contribution in [-0.2, 0) is 6.18 Å². The first-order chi connectivity index (χ1) is 10.1. The fourth-order valence-electron chi connectivity index (χ4n) is 1.77. The van der Waals surface area contributed by atoms with Crippen LogP contribution in [0.4, 0.5) is 30.5 Å². The van der Waals surface area contributed by atoms with Crippen LogP contribution in [0.25, 0.3) is 0 Å². The largest absolute Gasteiger partial charge is 0.416 e. The molecule has 0 atom stereocenters. The molecule has 0 spiro atoms. The topological polar surface area (TPSA) is 49.8 Å². The van der Waals surface area contributed by atoms with Crippen LogP contribution in [0.15, 0.2) is 36.7 Å². The second kappa shape index (κ2) is 5.82. The fraction of sp³-hybridized carbons (Fsp3) is 0.333. The van der Waals surface area contributed by atoms with Crippen molar-refractivity contribution in [1.82, 2.24) is 9.97 Å². The van der Waals surface area contributed by atoms with Gasteiger partial charge in [0, 0.05) is 17.3 Å². The Kier molecular flexibility index (Phi) is 4.25. The highest BCUT2D eigenvalue weighted by atomic mass is 19.4. The number of alkyl halides is 3. The van der Waals surface area contributed by atoms with Gasteiger partial charge in [0.05, 0.1) is 5.56 Å². The number of nitrogens with zero attached hydrogens (tertiary/aromatic N) is 2. The Bertz CT molecular complexity index is 630. The summed E-state index contributed by atoms with van der Waals surface area (Å²) in [7, 11) is 0. The quantitative estimate of drug-likeness (QED) is 0.879. The molecule has 0 aliphatic rings. The number of benzene rings is 1. The second-order valence-electron chi connectivity index (χ2n) is 5.86. The van der Waals surface area contributed by atoms with Crippen molar-refractivity contribution >= 4 is 17.3 Å². The van der Waals surface area contributed by atoms with Gasteiger partial charge in [-0.2, -0.15) is 13.2 Å². The molecular formula is C15H17F3N4. The number of aromatic nitrogens is 2. The number of anilines is 3. The molecule has 2 N–H and O–H groups in total. The Balaban J connectivity index is 2.12. The van der Waals surface area contributed by atoms with Crippen LogP contribution in [0.2, 0.25) is 0 Å². The number of nitrogens with one attached hydrogen (secondary N) is 2. The third-order valence-corrected chi connectivity index (χ3v) is 2.65. The van der Waals surface area contributed by atoms with Gasteiger partial charge in [0.15, 0.2) is 0 Å². The summed E-state index contributed by atoms with van der Waals surface area (Å²) in [5.41, 5.74) is -0.316. The molecule has 0 saturated carbocycles. The van der Waals surface area contributed by atoms with Gasteiger partial charge in [-0.15, -0.1) is 0 Å². The highest BCUT2D eigenvalue weighted by Crippen LogP contribution is 2.30. The summed E-state index contributed by atoms with van der Waals surface area (Å²) in [6.07, 6.45) is -2.95. The molecule has 2 rings (SSSR count). The Morgan fingerprint density at radius 2 is 1.50 bits per heavy atom. The van der Waals surface area contributed by atoms with Crippen LogP contribution in [0, 0.1) is 0 Å². The maximum Gasteiger partial charge on any atom is 0.416 e. The Hall–Kier alpha value is -2.31. The van der Waals surface area contributed by atoms with Crippen molar-refractivity contribution in [3.05, 3.63) is 42.2 Å². The molecular weight excluding hydrogens is 293 g/mol. The molecule has 0 bridgehead atoms. The summed E-state index contributed by atoms with van der Waals surface area (Å²) in [5.74, 6) is 1.14. The van der Waals surface area contributed by atoms with E-state index in [0.29, 0.717) is 17.3 Å². The van der Waals surface area contributed by atoms with Crippen LogP contribution in [0.3, 0.4) is 0 Å². The molecule has 2 aromatic rings. The Morgan fingerprint density at radius 1 is 0.909 bits per heavy atom. The predicted octanol–water partition coefficient (Wildman–Crippen LogP) is 4.45. The average molecular weight is 310 g/mol. The molecule has 1 aromatic carbocycles. The van der Waals surface area contributed by atoms with Crippen LogP contribution in [0.1, 0.15) is 26.3 Å². The molecule has 118 valence electrons. The maximum absolute atomic E-state index is 12.5. The molecule has 0 fully saturated rings. The molecule has 1 heterocycles. The van der Waals surface area contributed by atoms with Crippen molar-refractivity contribution < 1.29 is 13.2 Å². The second-order valence-corrected chi connectivity index (χ2v) is 5.86. The summed E-state index contributed by atoms with van der Waals surface area (Å²) in [4.78, 5) is 8.15. The minimum atomic E-state index is -4.34.